The number of rotatable bonds is 8. The third kappa shape index (κ3) is 6.91. The van der Waals surface area contributed by atoms with Gasteiger partial charge in [0.15, 0.2) is 0 Å². The van der Waals surface area contributed by atoms with Gasteiger partial charge in [0.2, 0.25) is 15.9 Å². The summed E-state index contributed by atoms with van der Waals surface area (Å²) in [5.74, 6) is -1.11. The summed E-state index contributed by atoms with van der Waals surface area (Å²) in [6.07, 6.45) is 0. The third-order valence-corrected chi connectivity index (χ3v) is 4.87. The molecular weight excluding hydrogens is 337 g/mol. The van der Waals surface area contributed by atoms with E-state index >= 15 is 0 Å². The van der Waals surface area contributed by atoms with E-state index in [0.29, 0.717) is 31.9 Å². The summed E-state index contributed by atoms with van der Waals surface area (Å²) < 4.78 is 44.1. The van der Waals surface area contributed by atoms with Crippen LogP contribution in [0, 0.1) is 5.82 Å². The number of benzene rings is 1. The highest BCUT2D eigenvalue weighted by atomic mass is 32.2. The van der Waals surface area contributed by atoms with Gasteiger partial charge < -0.3 is 10.1 Å². The van der Waals surface area contributed by atoms with Crippen molar-refractivity contribution in [1.29, 1.82) is 0 Å². The molecule has 134 valence electrons. The second kappa shape index (κ2) is 9.07. The first kappa shape index (κ1) is 18.8. The quantitative estimate of drug-likeness (QED) is 0.665. The van der Waals surface area contributed by atoms with Gasteiger partial charge >= 0.3 is 0 Å². The van der Waals surface area contributed by atoms with Crippen LogP contribution in [0.2, 0.25) is 0 Å². The van der Waals surface area contributed by atoms with Crippen molar-refractivity contribution < 1.29 is 22.3 Å². The molecule has 1 amide bonds. The SMILES string of the molecule is O=C(CNS(=O)(=O)Cc1ccc(F)cc1)NCCN1CCOCC1. The van der Waals surface area contributed by atoms with E-state index < -0.39 is 15.8 Å². The molecule has 2 rings (SSSR count). The molecule has 0 spiro atoms. The van der Waals surface area contributed by atoms with Gasteiger partial charge in [-0.3, -0.25) is 9.69 Å². The van der Waals surface area contributed by atoms with Crippen LogP contribution in [-0.4, -0.2) is 65.2 Å². The molecular formula is C15H22FN3O4S. The number of nitrogens with one attached hydrogen (secondary N) is 2. The molecule has 1 heterocycles. The van der Waals surface area contributed by atoms with Gasteiger partial charge in [-0.2, -0.15) is 0 Å². The molecule has 7 nitrogen and oxygen atoms in total. The van der Waals surface area contributed by atoms with Gasteiger partial charge in [0.1, 0.15) is 5.82 Å². The van der Waals surface area contributed by atoms with Gasteiger partial charge in [-0.15, -0.1) is 0 Å². The Bertz CT molecular complexity index is 631. The van der Waals surface area contributed by atoms with Crippen LogP contribution in [0.1, 0.15) is 5.56 Å². The molecule has 0 atom stereocenters. The zero-order chi connectivity index (χ0) is 17.4. The van der Waals surface area contributed by atoms with E-state index in [-0.39, 0.29) is 18.2 Å². The first-order valence-corrected chi connectivity index (χ1v) is 9.38. The molecule has 0 aromatic heterocycles. The molecule has 0 saturated carbocycles. The Hall–Kier alpha value is -1.55. The fourth-order valence-electron chi connectivity index (χ4n) is 2.27. The standard InChI is InChI=1S/C15H22FN3O4S/c16-14-3-1-13(2-4-14)12-24(21,22)18-11-15(20)17-5-6-19-7-9-23-10-8-19/h1-4,18H,5-12H2,(H,17,20). The monoisotopic (exact) mass is 359 g/mol. The average molecular weight is 359 g/mol. The van der Waals surface area contributed by atoms with Crippen LogP contribution in [0.5, 0.6) is 0 Å². The molecule has 24 heavy (non-hydrogen) atoms. The summed E-state index contributed by atoms with van der Waals surface area (Å²) >= 11 is 0. The second-order valence-electron chi connectivity index (χ2n) is 5.51. The Balaban J connectivity index is 1.67. The van der Waals surface area contributed by atoms with Gasteiger partial charge in [-0.1, -0.05) is 12.1 Å². The highest BCUT2D eigenvalue weighted by molar-refractivity contribution is 7.88. The lowest BCUT2D eigenvalue weighted by atomic mass is 10.2. The zero-order valence-electron chi connectivity index (χ0n) is 13.3. The van der Waals surface area contributed by atoms with Gasteiger partial charge in [-0.25, -0.2) is 17.5 Å². The lowest BCUT2D eigenvalue weighted by Crippen LogP contribution is -2.43. The van der Waals surface area contributed by atoms with Crippen molar-refractivity contribution in [1.82, 2.24) is 14.9 Å². The molecule has 0 aliphatic carbocycles. The summed E-state index contributed by atoms with van der Waals surface area (Å²) in [4.78, 5) is 13.9. The first-order chi connectivity index (χ1) is 11.4. The fraction of sp³-hybridized carbons (Fsp3) is 0.533. The number of halogens is 1. The predicted octanol–water partition coefficient (Wildman–Crippen LogP) is -0.306. The molecule has 0 radical (unpaired) electrons. The zero-order valence-corrected chi connectivity index (χ0v) is 14.1. The molecule has 1 aliphatic rings. The van der Waals surface area contributed by atoms with Crippen molar-refractivity contribution in [3.63, 3.8) is 0 Å². The van der Waals surface area contributed by atoms with E-state index in [1.54, 1.807) is 0 Å². The van der Waals surface area contributed by atoms with Gasteiger partial charge in [0.25, 0.3) is 0 Å². The van der Waals surface area contributed by atoms with E-state index in [1.165, 1.54) is 24.3 Å². The lowest BCUT2D eigenvalue weighted by molar-refractivity contribution is -0.120. The van der Waals surface area contributed by atoms with E-state index in [2.05, 4.69) is 14.9 Å². The number of carbonyl (C=O) groups excluding carboxylic acids is 1. The normalized spacial score (nSPS) is 16.0. The molecule has 0 unspecified atom stereocenters. The summed E-state index contributed by atoms with van der Waals surface area (Å²) in [5.41, 5.74) is 0.455. The topological polar surface area (TPSA) is 87.7 Å². The maximum absolute atomic E-state index is 12.8. The Morgan fingerprint density at radius 1 is 1.21 bits per heavy atom. The number of morpholine rings is 1. The molecule has 1 aromatic carbocycles. The highest BCUT2D eigenvalue weighted by Gasteiger charge is 2.14. The van der Waals surface area contributed by atoms with Crippen molar-refractivity contribution in [2.24, 2.45) is 0 Å². The minimum absolute atomic E-state index is 0.297. The van der Waals surface area contributed by atoms with Crippen LogP contribution in [-0.2, 0) is 25.3 Å². The number of amides is 1. The minimum atomic E-state index is -3.65. The lowest BCUT2D eigenvalue weighted by Gasteiger charge is -2.26. The van der Waals surface area contributed by atoms with Crippen molar-refractivity contribution in [2.45, 2.75) is 5.75 Å². The van der Waals surface area contributed by atoms with Crippen molar-refractivity contribution in [2.75, 3.05) is 45.9 Å². The van der Waals surface area contributed by atoms with Crippen molar-refractivity contribution >= 4 is 15.9 Å². The summed E-state index contributed by atoms with van der Waals surface area (Å²) in [6.45, 7) is 3.90. The van der Waals surface area contributed by atoms with E-state index in [1.807, 2.05) is 0 Å². The van der Waals surface area contributed by atoms with Gasteiger partial charge in [0, 0.05) is 26.2 Å². The molecule has 1 aromatic rings. The predicted molar refractivity (Wildman–Crippen MR) is 87.3 cm³/mol. The van der Waals surface area contributed by atoms with Crippen LogP contribution < -0.4 is 10.0 Å². The molecule has 0 bridgehead atoms. The molecule has 1 saturated heterocycles. The Kier molecular flexibility index (Phi) is 7.10. The molecule has 9 heteroatoms. The Morgan fingerprint density at radius 2 is 1.88 bits per heavy atom. The van der Waals surface area contributed by atoms with E-state index in [9.17, 15) is 17.6 Å². The largest absolute Gasteiger partial charge is 0.379 e. The van der Waals surface area contributed by atoms with Crippen LogP contribution in [0.25, 0.3) is 0 Å². The Morgan fingerprint density at radius 3 is 2.54 bits per heavy atom. The number of hydrogen-bond donors (Lipinski definition) is 2. The fourth-order valence-corrected chi connectivity index (χ4v) is 3.35. The summed E-state index contributed by atoms with van der Waals surface area (Å²) in [7, 11) is -3.65. The maximum Gasteiger partial charge on any atom is 0.235 e. The van der Waals surface area contributed by atoms with Gasteiger partial charge in [-0.05, 0) is 17.7 Å². The summed E-state index contributed by atoms with van der Waals surface area (Å²) in [5, 5.41) is 2.68. The minimum Gasteiger partial charge on any atom is -0.379 e. The van der Waals surface area contributed by atoms with Crippen LogP contribution >= 0.6 is 0 Å². The molecule has 1 fully saturated rings. The van der Waals surface area contributed by atoms with Crippen LogP contribution in [0.3, 0.4) is 0 Å². The number of sulfonamides is 1. The second-order valence-corrected chi connectivity index (χ2v) is 7.32. The Labute approximate surface area is 141 Å². The maximum atomic E-state index is 12.8. The number of hydrogen-bond acceptors (Lipinski definition) is 5. The number of carbonyl (C=O) groups is 1. The van der Waals surface area contributed by atoms with Crippen LogP contribution in [0.4, 0.5) is 4.39 Å². The van der Waals surface area contributed by atoms with E-state index in [0.717, 1.165) is 13.1 Å². The summed E-state index contributed by atoms with van der Waals surface area (Å²) in [6, 6.07) is 5.19. The van der Waals surface area contributed by atoms with Gasteiger partial charge in [0.05, 0.1) is 25.5 Å². The number of ether oxygens (including phenoxy) is 1. The van der Waals surface area contributed by atoms with Crippen LogP contribution in [0.15, 0.2) is 24.3 Å². The van der Waals surface area contributed by atoms with E-state index in [4.69, 9.17) is 4.74 Å². The molecule has 2 N–H and O–H groups in total. The molecule has 1 aliphatic heterocycles. The number of nitrogens with zero attached hydrogens (tertiary/aromatic N) is 1. The first-order valence-electron chi connectivity index (χ1n) is 7.73. The average Bonchev–Trinajstić information content (AvgIpc) is 2.56. The van der Waals surface area contributed by atoms with Crippen molar-refractivity contribution in [3.05, 3.63) is 35.6 Å². The third-order valence-electron chi connectivity index (χ3n) is 3.58. The van der Waals surface area contributed by atoms with Crippen molar-refractivity contribution in [3.8, 4) is 0 Å². The smallest absolute Gasteiger partial charge is 0.235 e. The highest BCUT2D eigenvalue weighted by Crippen LogP contribution is 2.06.